The summed E-state index contributed by atoms with van der Waals surface area (Å²) in [6.45, 7) is -0.536. The average molecular weight is 398 g/mol. The van der Waals surface area contributed by atoms with Crippen LogP contribution in [-0.4, -0.2) is 40.3 Å². The van der Waals surface area contributed by atoms with Crippen LogP contribution in [0.4, 0.5) is 5.69 Å². The zero-order chi connectivity index (χ0) is 19.3. The van der Waals surface area contributed by atoms with E-state index < -0.39 is 28.3 Å². The summed E-state index contributed by atoms with van der Waals surface area (Å²) in [6.07, 6.45) is 1.03. The molecular weight excluding hydrogens is 382 g/mol. The van der Waals surface area contributed by atoms with Crippen molar-refractivity contribution in [2.45, 2.75) is 4.90 Å². The van der Waals surface area contributed by atoms with Gasteiger partial charge in [0.1, 0.15) is 5.75 Å². The molecule has 0 heterocycles. The number of carbonyl (C=O) groups is 2. The quantitative estimate of drug-likeness (QED) is 0.752. The number of carbonyl (C=O) groups excluding carboxylic acids is 2. The summed E-state index contributed by atoms with van der Waals surface area (Å²) in [6, 6.07) is 10.0. The predicted molar refractivity (Wildman–Crippen MR) is 96.5 cm³/mol. The van der Waals surface area contributed by atoms with Crippen molar-refractivity contribution in [1.29, 1.82) is 0 Å². The lowest BCUT2D eigenvalue weighted by atomic mass is 10.2. The van der Waals surface area contributed by atoms with Gasteiger partial charge in [-0.1, -0.05) is 17.7 Å². The van der Waals surface area contributed by atoms with E-state index in [1.165, 1.54) is 37.4 Å². The summed E-state index contributed by atoms with van der Waals surface area (Å²) in [5, 5.41) is 2.84. The number of benzene rings is 2. The Kier molecular flexibility index (Phi) is 6.23. The molecule has 0 aliphatic carbocycles. The van der Waals surface area contributed by atoms with Crippen molar-refractivity contribution >= 4 is 39.0 Å². The molecule has 0 spiro atoms. The van der Waals surface area contributed by atoms with Crippen LogP contribution in [-0.2, 0) is 19.4 Å². The lowest BCUT2D eigenvalue weighted by molar-refractivity contribution is -0.119. The number of amides is 1. The highest BCUT2D eigenvalue weighted by molar-refractivity contribution is 7.90. The van der Waals surface area contributed by atoms with Crippen LogP contribution in [0.5, 0.6) is 5.75 Å². The molecule has 0 bridgehead atoms. The molecule has 1 N–H and O–H groups in total. The first-order valence-corrected chi connectivity index (χ1v) is 9.58. The molecule has 0 aliphatic rings. The fourth-order valence-corrected chi connectivity index (χ4v) is 2.93. The van der Waals surface area contributed by atoms with Gasteiger partial charge in [-0.2, -0.15) is 0 Å². The van der Waals surface area contributed by atoms with E-state index in [0.29, 0.717) is 16.5 Å². The summed E-state index contributed by atoms with van der Waals surface area (Å²) < 4.78 is 32.9. The summed E-state index contributed by atoms with van der Waals surface area (Å²) in [7, 11) is -1.98. The van der Waals surface area contributed by atoms with Crippen LogP contribution in [0.15, 0.2) is 47.4 Å². The maximum absolute atomic E-state index is 12.0. The van der Waals surface area contributed by atoms with E-state index in [2.05, 4.69) is 5.32 Å². The van der Waals surface area contributed by atoms with Crippen LogP contribution >= 0.6 is 11.6 Å². The molecule has 1 amide bonds. The molecule has 0 saturated carbocycles. The number of esters is 1. The van der Waals surface area contributed by atoms with Gasteiger partial charge < -0.3 is 14.8 Å². The highest BCUT2D eigenvalue weighted by Crippen LogP contribution is 2.27. The van der Waals surface area contributed by atoms with E-state index in [1.54, 1.807) is 12.1 Å². The van der Waals surface area contributed by atoms with Gasteiger partial charge in [0.2, 0.25) is 0 Å². The molecule has 7 nitrogen and oxygen atoms in total. The third kappa shape index (κ3) is 5.21. The maximum Gasteiger partial charge on any atom is 0.338 e. The lowest BCUT2D eigenvalue weighted by Crippen LogP contribution is -2.21. The van der Waals surface area contributed by atoms with E-state index in [1.807, 2.05) is 0 Å². The van der Waals surface area contributed by atoms with Gasteiger partial charge in [0.05, 0.1) is 22.6 Å². The molecule has 0 saturated heterocycles. The summed E-state index contributed by atoms with van der Waals surface area (Å²) in [5.41, 5.74) is 0.448. The standard InChI is InChI=1S/C17H16ClNO6S/c1-24-15-7-6-12(9-14(15)18)19-16(20)10-25-17(21)11-4-3-5-13(8-11)26(2,22)23/h3-9H,10H2,1-2H3,(H,19,20). The number of nitrogens with one attached hydrogen (secondary N) is 1. The van der Waals surface area contributed by atoms with Gasteiger partial charge in [-0.3, -0.25) is 4.79 Å². The number of anilines is 1. The lowest BCUT2D eigenvalue weighted by Gasteiger charge is -2.09. The predicted octanol–water partition coefficient (Wildman–Crippen LogP) is 2.55. The first-order valence-electron chi connectivity index (χ1n) is 7.31. The smallest absolute Gasteiger partial charge is 0.338 e. The minimum atomic E-state index is -3.45. The Morgan fingerprint density at radius 2 is 1.88 bits per heavy atom. The second-order valence-corrected chi connectivity index (χ2v) is 7.70. The highest BCUT2D eigenvalue weighted by atomic mass is 35.5. The maximum atomic E-state index is 12.0. The Bertz CT molecular complexity index is 942. The van der Waals surface area contributed by atoms with Crippen LogP contribution in [0, 0.1) is 0 Å². The van der Waals surface area contributed by atoms with Crippen molar-refractivity contribution in [3.63, 3.8) is 0 Å². The van der Waals surface area contributed by atoms with Crippen LogP contribution in [0.2, 0.25) is 5.02 Å². The molecule has 26 heavy (non-hydrogen) atoms. The molecule has 0 aliphatic heterocycles. The molecule has 2 aromatic carbocycles. The molecule has 0 unspecified atom stereocenters. The van der Waals surface area contributed by atoms with Gasteiger partial charge >= 0.3 is 5.97 Å². The number of rotatable bonds is 6. The SMILES string of the molecule is COc1ccc(NC(=O)COC(=O)c2cccc(S(C)(=O)=O)c2)cc1Cl. The second kappa shape index (κ2) is 8.20. The minimum absolute atomic E-state index is 0.00993. The normalized spacial score (nSPS) is 10.9. The van der Waals surface area contributed by atoms with Gasteiger partial charge in [-0.15, -0.1) is 0 Å². The van der Waals surface area contributed by atoms with E-state index >= 15 is 0 Å². The minimum Gasteiger partial charge on any atom is -0.495 e. The summed E-state index contributed by atoms with van der Waals surface area (Å²) >= 11 is 5.96. The van der Waals surface area contributed by atoms with Gasteiger partial charge in [-0.25, -0.2) is 13.2 Å². The Morgan fingerprint density at radius 3 is 2.50 bits per heavy atom. The summed E-state index contributed by atoms with van der Waals surface area (Å²) in [5.74, 6) is -0.917. The zero-order valence-electron chi connectivity index (χ0n) is 14.0. The van der Waals surface area contributed by atoms with Crippen molar-refractivity contribution in [2.24, 2.45) is 0 Å². The van der Waals surface area contributed by atoms with Crippen molar-refractivity contribution in [3.05, 3.63) is 53.1 Å². The van der Waals surface area contributed by atoms with Crippen LogP contribution < -0.4 is 10.1 Å². The molecule has 138 valence electrons. The highest BCUT2D eigenvalue weighted by Gasteiger charge is 2.14. The topological polar surface area (TPSA) is 98.8 Å². The number of ether oxygens (including phenoxy) is 2. The molecule has 0 radical (unpaired) electrons. The fourth-order valence-electron chi connectivity index (χ4n) is 2.01. The molecule has 0 atom stereocenters. The molecule has 0 fully saturated rings. The van der Waals surface area contributed by atoms with E-state index in [-0.39, 0.29) is 10.5 Å². The molecule has 2 rings (SSSR count). The molecule has 0 aromatic heterocycles. The first kappa shape index (κ1) is 19.7. The largest absolute Gasteiger partial charge is 0.495 e. The average Bonchev–Trinajstić information content (AvgIpc) is 2.59. The van der Waals surface area contributed by atoms with E-state index in [9.17, 15) is 18.0 Å². The number of hydrogen-bond donors (Lipinski definition) is 1. The Morgan fingerprint density at radius 1 is 1.15 bits per heavy atom. The van der Waals surface area contributed by atoms with E-state index in [4.69, 9.17) is 21.1 Å². The van der Waals surface area contributed by atoms with E-state index in [0.717, 1.165) is 6.26 Å². The van der Waals surface area contributed by atoms with Crippen LogP contribution in [0.1, 0.15) is 10.4 Å². The monoisotopic (exact) mass is 397 g/mol. The van der Waals surface area contributed by atoms with Crippen molar-refractivity contribution < 1.29 is 27.5 Å². The Balaban J connectivity index is 1.97. The van der Waals surface area contributed by atoms with Gasteiger partial charge in [0, 0.05) is 11.9 Å². The van der Waals surface area contributed by atoms with Gasteiger partial charge in [0.25, 0.3) is 5.91 Å². The van der Waals surface area contributed by atoms with Gasteiger partial charge in [-0.05, 0) is 36.4 Å². The number of sulfone groups is 1. The number of halogens is 1. The van der Waals surface area contributed by atoms with Crippen molar-refractivity contribution in [2.75, 3.05) is 25.3 Å². The molecule has 9 heteroatoms. The van der Waals surface area contributed by atoms with Crippen molar-refractivity contribution in [3.8, 4) is 5.75 Å². The Hall–Kier alpha value is -2.58. The zero-order valence-corrected chi connectivity index (χ0v) is 15.6. The third-order valence-corrected chi connectivity index (χ3v) is 4.67. The number of hydrogen-bond acceptors (Lipinski definition) is 6. The third-order valence-electron chi connectivity index (χ3n) is 3.27. The number of methoxy groups -OCH3 is 1. The summed E-state index contributed by atoms with van der Waals surface area (Å²) in [4.78, 5) is 23.9. The van der Waals surface area contributed by atoms with Crippen molar-refractivity contribution in [1.82, 2.24) is 0 Å². The Labute approximate surface area is 155 Å². The second-order valence-electron chi connectivity index (χ2n) is 5.27. The first-order chi connectivity index (χ1) is 12.2. The molecule has 2 aromatic rings. The molecular formula is C17H16ClNO6S. The van der Waals surface area contributed by atoms with Gasteiger partial charge in [0.15, 0.2) is 16.4 Å². The fraction of sp³-hybridized carbons (Fsp3) is 0.176. The van der Waals surface area contributed by atoms with Crippen LogP contribution in [0.25, 0.3) is 0 Å². The van der Waals surface area contributed by atoms with Crippen LogP contribution in [0.3, 0.4) is 0 Å².